The number of hydrogen-bond donors (Lipinski definition) is 2. The van der Waals surface area contributed by atoms with Crippen molar-refractivity contribution in [2.75, 3.05) is 26.4 Å². The second kappa shape index (κ2) is 9.83. The van der Waals surface area contributed by atoms with Gasteiger partial charge in [-0.15, -0.1) is 0 Å². The van der Waals surface area contributed by atoms with Gasteiger partial charge in [0.15, 0.2) is 0 Å². The van der Waals surface area contributed by atoms with Crippen molar-refractivity contribution in [2.24, 2.45) is 11.5 Å². The molecule has 0 spiro atoms. The Morgan fingerprint density at radius 3 is 2.47 bits per heavy atom. The van der Waals surface area contributed by atoms with Gasteiger partial charge in [-0.3, -0.25) is 0 Å². The molecule has 2 atom stereocenters. The van der Waals surface area contributed by atoms with Gasteiger partial charge in [0.25, 0.3) is 0 Å². The number of rotatable bonds is 12. The third-order valence-electron chi connectivity index (χ3n) is 3.10. The Labute approximate surface area is 105 Å². The molecule has 0 aliphatic carbocycles. The minimum Gasteiger partial charge on any atom is -0.379 e. The average molecular weight is 244 g/mol. The molecule has 2 unspecified atom stereocenters. The van der Waals surface area contributed by atoms with Crippen molar-refractivity contribution in [1.82, 2.24) is 0 Å². The molecule has 0 aromatic heterocycles. The maximum absolute atomic E-state index is 6.04. The van der Waals surface area contributed by atoms with Crippen LogP contribution < -0.4 is 11.5 Å². The molecule has 1 heterocycles. The van der Waals surface area contributed by atoms with E-state index in [9.17, 15) is 0 Å². The van der Waals surface area contributed by atoms with E-state index >= 15 is 0 Å². The minimum atomic E-state index is 0.361. The van der Waals surface area contributed by atoms with Crippen LogP contribution in [0.1, 0.15) is 44.9 Å². The van der Waals surface area contributed by atoms with Crippen molar-refractivity contribution in [3.05, 3.63) is 0 Å². The Bertz CT molecular complexity index is 175. The Kier molecular flexibility index (Phi) is 8.61. The van der Waals surface area contributed by atoms with Crippen LogP contribution in [0.5, 0.6) is 0 Å². The Hall–Kier alpha value is -0.160. The monoisotopic (exact) mass is 244 g/mol. The molecule has 1 saturated heterocycles. The summed E-state index contributed by atoms with van der Waals surface area (Å²) in [6.45, 7) is 3.30. The highest BCUT2D eigenvalue weighted by atomic mass is 16.6. The lowest BCUT2D eigenvalue weighted by Gasteiger charge is -2.11. The van der Waals surface area contributed by atoms with Gasteiger partial charge in [-0.2, -0.15) is 0 Å². The number of hydrogen-bond acceptors (Lipinski definition) is 4. The fourth-order valence-corrected chi connectivity index (χ4v) is 1.86. The average Bonchev–Trinajstić information content (AvgIpc) is 3.13. The van der Waals surface area contributed by atoms with Gasteiger partial charge in [-0.05, 0) is 38.6 Å². The lowest BCUT2D eigenvalue weighted by atomic mass is 10.0. The molecule has 4 heteroatoms. The van der Waals surface area contributed by atoms with Gasteiger partial charge in [0, 0.05) is 12.6 Å². The highest BCUT2D eigenvalue weighted by Gasteiger charge is 2.21. The molecule has 1 aliphatic rings. The van der Waals surface area contributed by atoms with E-state index in [2.05, 4.69) is 0 Å². The maximum atomic E-state index is 6.04. The quantitative estimate of drug-likeness (QED) is 0.402. The summed E-state index contributed by atoms with van der Waals surface area (Å²) in [6, 6.07) is 0.361. The first-order valence-electron chi connectivity index (χ1n) is 6.98. The smallest absolute Gasteiger partial charge is 0.104 e. The van der Waals surface area contributed by atoms with Gasteiger partial charge < -0.3 is 20.9 Å². The molecule has 0 saturated carbocycles. The van der Waals surface area contributed by atoms with Gasteiger partial charge in [-0.1, -0.05) is 12.8 Å². The van der Waals surface area contributed by atoms with Crippen molar-refractivity contribution >= 4 is 0 Å². The summed E-state index contributed by atoms with van der Waals surface area (Å²) >= 11 is 0. The molecule has 0 bridgehead atoms. The van der Waals surface area contributed by atoms with E-state index in [0.29, 0.717) is 12.1 Å². The lowest BCUT2D eigenvalue weighted by Crippen LogP contribution is -2.19. The van der Waals surface area contributed by atoms with Gasteiger partial charge in [0.1, 0.15) is 6.10 Å². The van der Waals surface area contributed by atoms with Crippen LogP contribution in [0.4, 0.5) is 0 Å². The summed E-state index contributed by atoms with van der Waals surface area (Å²) in [7, 11) is 0. The Balaban J connectivity index is 1.74. The van der Waals surface area contributed by atoms with Crippen molar-refractivity contribution in [3.8, 4) is 0 Å². The molecule has 1 rings (SSSR count). The standard InChI is InChI=1S/C13H28N2O2/c14-8-4-1-2-6-12(15)7-3-5-9-16-10-13-11-17-13/h12-13H,1-11,14-15H2. The van der Waals surface area contributed by atoms with Crippen molar-refractivity contribution in [1.29, 1.82) is 0 Å². The van der Waals surface area contributed by atoms with Crippen LogP contribution in [-0.2, 0) is 9.47 Å². The summed E-state index contributed by atoms with van der Waals surface area (Å²) in [6.07, 6.45) is 8.49. The fourth-order valence-electron chi connectivity index (χ4n) is 1.86. The van der Waals surface area contributed by atoms with Crippen LogP contribution in [0, 0.1) is 0 Å². The van der Waals surface area contributed by atoms with Gasteiger partial charge >= 0.3 is 0 Å². The summed E-state index contributed by atoms with van der Waals surface area (Å²) in [4.78, 5) is 0. The summed E-state index contributed by atoms with van der Waals surface area (Å²) < 4.78 is 10.5. The molecule has 0 aromatic carbocycles. The number of unbranched alkanes of at least 4 members (excludes halogenated alkanes) is 3. The van der Waals surface area contributed by atoms with Crippen LogP contribution in [0.3, 0.4) is 0 Å². The third kappa shape index (κ3) is 9.53. The van der Waals surface area contributed by atoms with Gasteiger partial charge in [0.05, 0.1) is 13.2 Å². The molecule has 0 aromatic rings. The van der Waals surface area contributed by atoms with Crippen molar-refractivity contribution < 1.29 is 9.47 Å². The second-order valence-electron chi connectivity index (χ2n) is 4.92. The van der Waals surface area contributed by atoms with E-state index in [-0.39, 0.29) is 0 Å². The van der Waals surface area contributed by atoms with E-state index in [4.69, 9.17) is 20.9 Å². The Morgan fingerprint density at radius 1 is 1.12 bits per heavy atom. The molecule has 1 fully saturated rings. The van der Waals surface area contributed by atoms with Crippen molar-refractivity contribution in [3.63, 3.8) is 0 Å². The summed E-state index contributed by atoms with van der Waals surface area (Å²) in [5, 5.41) is 0. The van der Waals surface area contributed by atoms with E-state index in [1.54, 1.807) is 0 Å². The highest BCUT2D eigenvalue weighted by molar-refractivity contribution is 4.67. The fraction of sp³-hybridized carbons (Fsp3) is 1.00. The zero-order valence-electron chi connectivity index (χ0n) is 10.9. The predicted octanol–water partition coefficient (Wildman–Crippen LogP) is 1.42. The van der Waals surface area contributed by atoms with Crippen molar-refractivity contribution in [2.45, 2.75) is 57.1 Å². The second-order valence-corrected chi connectivity index (χ2v) is 4.92. The molecule has 0 amide bonds. The SMILES string of the molecule is NCCCCCC(N)CCCCOCC1CO1. The van der Waals surface area contributed by atoms with E-state index in [1.165, 1.54) is 19.3 Å². The van der Waals surface area contributed by atoms with Gasteiger partial charge in [0.2, 0.25) is 0 Å². The third-order valence-corrected chi connectivity index (χ3v) is 3.10. The number of ether oxygens (including phenoxy) is 2. The first-order chi connectivity index (χ1) is 8.33. The van der Waals surface area contributed by atoms with E-state index < -0.39 is 0 Å². The number of epoxide rings is 1. The highest BCUT2D eigenvalue weighted by Crippen LogP contribution is 2.10. The summed E-state index contributed by atoms with van der Waals surface area (Å²) in [5.74, 6) is 0. The molecule has 4 N–H and O–H groups in total. The van der Waals surface area contributed by atoms with Crippen LogP contribution in [-0.4, -0.2) is 38.5 Å². The molecule has 0 radical (unpaired) electrons. The predicted molar refractivity (Wildman–Crippen MR) is 69.9 cm³/mol. The zero-order chi connectivity index (χ0) is 12.3. The molecule has 4 nitrogen and oxygen atoms in total. The molecule has 1 aliphatic heterocycles. The largest absolute Gasteiger partial charge is 0.379 e. The van der Waals surface area contributed by atoms with Crippen LogP contribution >= 0.6 is 0 Å². The minimum absolute atomic E-state index is 0.361. The lowest BCUT2D eigenvalue weighted by molar-refractivity contribution is 0.112. The molecular formula is C13H28N2O2. The molecular weight excluding hydrogens is 216 g/mol. The maximum Gasteiger partial charge on any atom is 0.104 e. The molecule has 17 heavy (non-hydrogen) atoms. The normalized spacial score (nSPS) is 20.5. The van der Waals surface area contributed by atoms with Crippen LogP contribution in [0.25, 0.3) is 0 Å². The first-order valence-corrected chi connectivity index (χ1v) is 6.98. The first kappa shape index (κ1) is 14.9. The van der Waals surface area contributed by atoms with Crippen LogP contribution in [0.15, 0.2) is 0 Å². The topological polar surface area (TPSA) is 73.8 Å². The molecule has 102 valence electrons. The zero-order valence-corrected chi connectivity index (χ0v) is 10.9. The number of nitrogens with two attached hydrogens (primary N) is 2. The summed E-state index contributed by atoms with van der Waals surface area (Å²) in [5.41, 5.74) is 11.5. The van der Waals surface area contributed by atoms with E-state index in [1.807, 2.05) is 0 Å². The van der Waals surface area contributed by atoms with Crippen LogP contribution in [0.2, 0.25) is 0 Å². The van der Waals surface area contributed by atoms with Gasteiger partial charge in [-0.25, -0.2) is 0 Å². The van der Waals surface area contributed by atoms with E-state index in [0.717, 1.165) is 52.0 Å². The Morgan fingerprint density at radius 2 is 1.82 bits per heavy atom.